The molecule has 2 aliphatic rings. The SMILES string of the molecule is CC1C(=O)OC(=O)C1C(C)(C)CC1CC(=O)OC1=O. The van der Waals surface area contributed by atoms with Crippen LogP contribution in [-0.2, 0) is 28.7 Å². The summed E-state index contributed by atoms with van der Waals surface area (Å²) in [5.41, 5.74) is -0.614. The van der Waals surface area contributed by atoms with Gasteiger partial charge in [0.2, 0.25) is 0 Å². The van der Waals surface area contributed by atoms with E-state index in [4.69, 9.17) is 0 Å². The summed E-state index contributed by atoms with van der Waals surface area (Å²) in [5, 5.41) is 0. The van der Waals surface area contributed by atoms with Crippen molar-refractivity contribution in [2.24, 2.45) is 23.2 Å². The van der Waals surface area contributed by atoms with Gasteiger partial charge in [0.1, 0.15) is 0 Å². The fourth-order valence-corrected chi connectivity index (χ4v) is 3.03. The second-order valence-electron chi connectivity index (χ2n) is 5.89. The Morgan fingerprint density at radius 1 is 1.05 bits per heavy atom. The van der Waals surface area contributed by atoms with Gasteiger partial charge in [-0.25, -0.2) is 0 Å². The van der Waals surface area contributed by atoms with Crippen molar-refractivity contribution >= 4 is 23.9 Å². The molecule has 6 nitrogen and oxygen atoms in total. The highest BCUT2D eigenvalue weighted by Crippen LogP contribution is 2.44. The molecule has 0 amide bonds. The maximum Gasteiger partial charge on any atom is 0.318 e. The lowest BCUT2D eigenvalue weighted by atomic mass is 9.68. The van der Waals surface area contributed by atoms with Gasteiger partial charge in [0, 0.05) is 0 Å². The molecule has 3 unspecified atom stereocenters. The van der Waals surface area contributed by atoms with E-state index in [1.807, 2.05) is 0 Å². The van der Waals surface area contributed by atoms with Gasteiger partial charge in [-0.15, -0.1) is 0 Å². The van der Waals surface area contributed by atoms with Gasteiger partial charge < -0.3 is 9.47 Å². The monoisotopic (exact) mass is 268 g/mol. The van der Waals surface area contributed by atoms with Gasteiger partial charge in [0.05, 0.1) is 24.2 Å². The van der Waals surface area contributed by atoms with E-state index in [1.165, 1.54) is 0 Å². The molecule has 104 valence electrons. The molecular formula is C13H16O6. The third-order valence-corrected chi connectivity index (χ3v) is 3.90. The van der Waals surface area contributed by atoms with Crippen LogP contribution in [0.25, 0.3) is 0 Å². The first-order chi connectivity index (χ1) is 8.72. The smallest absolute Gasteiger partial charge is 0.318 e. The quantitative estimate of drug-likeness (QED) is 0.556. The number of hydrogen-bond acceptors (Lipinski definition) is 6. The number of rotatable bonds is 3. The normalized spacial score (nSPS) is 31.6. The first-order valence-electron chi connectivity index (χ1n) is 6.22. The van der Waals surface area contributed by atoms with Crippen LogP contribution in [0, 0.1) is 23.2 Å². The second-order valence-corrected chi connectivity index (χ2v) is 5.89. The minimum atomic E-state index is -0.614. The van der Waals surface area contributed by atoms with E-state index >= 15 is 0 Å². The maximum atomic E-state index is 11.7. The Kier molecular flexibility index (Phi) is 3.20. The van der Waals surface area contributed by atoms with E-state index in [-0.39, 0.29) is 6.42 Å². The van der Waals surface area contributed by atoms with Crippen LogP contribution in [0.5, 0.6) is 0 Å². The van der Waals surface area contributed by atoms with Crippen LogP contribution in [0.1, 0.15) is 33.6 Å². The van der Waals surface area contributed by atoms with Crippen molar-refractivity contribution in [1.29, 1.82) is 0 Å². The molecule has 0 aromatic carbocycles. The van der Waals surface area contributed by atoms with Gasteiger partial charge in [-0.2, -0.15) is 0 Å². The molecule has 0 aromatic heterocycles. The van der Waals surface area contributed by atoms with Crippen molar-refractivity contribution in [1.82, 2.24) is 0 Å². The van der Waals surface area contributed by atoms with Crippen LogP contribution in [0.15, 0.2) is 0 Å². The van der Waals surface area contributed by atoms with Crippen molar-refractivity contribution in [3.05, 3.63) is 0 Å². The lowest BCUT2D eigenvalue weighted by Gasteiger charge is -2.31. The van der Waals surface area contributed by atoms with E-state index < -0.39 is 47.0 Å². The van der Waals surface area contributed by atoms with E-state index in [9.17, 15) is 19.2 Å². The van der Waals surface area contributed by atoms with Gasteiger partial charge in [-0.05, 0) is 11.8 Å². The Hall–Kier alpha value is -1.72. The molecule has 0 aromatic rings. The number of cyclic esters (lactones) is 4. The lowest BCUT2D eigenvalue weighted by molar-refractivity contribution is -0.156. The molecule has 0 spiro atoms. The Morgan fingerprint density at radius 3 is 2.11 bits per heavy atom. The van der Waals surface area contributed by atoms with E-state index in [1.54, 1.807) is 20.8 Å². The highest BCUT2D eigenvalue weighted by molar-refractivity contribution is 5.97. The standard InChI is InChI=1S/C13H16O6/c1-6-9(12(17)19-10(6)15)13(2,3)5-7-4-8(14)18-11(7)16/h6-7,9H,4-5H2,1-3H3. The fraction of sp³-hybridized carbons (Fsp3) is 0.692. The number of carbonyl (C=O) groups is 4. The molecule has 2 rings (SSSR count). The predicted octanol–water partition coefficient (Wildman–Crippen LogP) is 0.828. The summed E-state index contributed by atoms with van der Waals surface area (Å²) in [6.07, 6.45) is 0.349. The zero-order valence-corrected chi connectivity index (χ0v) is 11.1. The Morgan fingerprint density at radius 2 is 1.68 bits per heavy atom. The van der Waals surface area contributed by atoms with Crippen LogP contribution in [-0.4, -0.2) is 23.9 Å². The van der Waals surface area contributed by atoms with E-state index in [0.717, 1.165) is 0 Å². The summed E-state index contributed by atoms with van der Waals surface area (Å²) in [7, 11) is 0. The molecule has 0 aliphatic carbocycles. The highest BCUT2D eigenvalue weighted by atomic mass is 16.6. The van der Waals surface area contributed by atoms with Crippen molar-refractivity contribution in [2.75, 3.05) is 0 Å². The van der Waals surface area contributed by atoms with E-state index in [2.05, 4.69) is 9.47 Å². The molecule has 2 fully saturated rings. The molecule has 2 saturated heterocycles. The zero-order valence-electron chi connectivity index (χ0n) is 11.1. The van der Waals surface area contributed by atoms with Gasteiger partial charge in [0.25, 0.3) is 0 Å². The van der Waals surface area contributed by atoms with Crippen LogP contribution >= 0.6 is 0 Å². The largest absolute Gasteiger partial charge is 0.393 e. The molecule has 0 saturated carbocycles. The van der Waals surface area contributed by atoms with Crippen molar-refractivity contribution in [3.8, 4) is 0 Å². The number of esters is 4. The third kappa shape index (κ3) is 2.39. The molecule has 0 N–H and O–H groups in total. The van der Waals surface area contributed by atoms with Crippen molar-refractivity contribution < 1.29 is 28.7 Å². The maximum absolute atomic E-state index is 11.7. The van der Waals surface area contributed by atoms with Crippen molar-refractivity contribution in [2.45, 2.75) is 33.6 Å². The van der Waals surface area contributed by atoms with Crippen LogP contribution in [0.4, 0.5) is 0 Å². The minimum absolute atomic E-state index is 0.0341. The summed E-state index contributed by atoms with van der Waals surface area (Å²) >= 11 is 0. The predicted molar refractivity (Wildman–Crippen MR) is 61.4 cm³/mol. The molecule has 3 atom stereocenters. The molecule has 0 radical (unpaired) electrons. The van der Waals surface area contributed by atoms with Crippen LogP contribution in [0.2, 0.25) is 0 Å². The zero-order chi connectivity index (χ0) is 14.4. The minimum Gasteiger partial charge on any atom is -0.393 e. The van der Waals surface area contributed by atoms with Crippen molar-refractivity contribution in [3.63, 3.8) is 0 Å². The number of carbonyl (C=O) groups excluding carboxylic acids is 4. The average Bonchev–Trinajstić information content (AvgIpc) is 2.68. The van der Waals surface area contributed by atoms with E-state index in [0.29, 0.717) is 6.42 Å². The molecule has 19 heavy (non-hydrogen) atoms. The highest BCUT2D eigenvalue weighted by Gasteiger charge is 2.51. The summed E-state index contributed by atoms with van der Waals surface area (Å²) in [6.45, 7) is 5.23. The summed E-state index contributed by atoms with van der Waals surface area (Å²) in [5.74, 6) is -3.85. The summed E-state index contributed by atoms with van der Waals surface area (Å²) in [6, 6.07) is 0. The van der Waals surface area contributed by atoms with Gasteiger partial charge >= 0.3 is 23.9 Å². The molecule has 0 bridgehead atoms. The lowest BCUT2D eigenvalue weighted by Crippen LogP contribution is -2.34. The average molecular weight is 268 g/mol. The Bertz CT molecular complexity index is 464. The van der Waals surface area contributed by atoms with Gasteiger partial charge in [-0.3, -0.25) is 19.2 Å². The first kappa shape index (κ1) is 13.7. The Labute approximate surface area is 110 Å². The topological polar surface area (TPSA) is 86.7 Å². The second kappa shape index (κ2) is 4.43. The van der Waals surface area contributed by atoms with Gasteiger partial charge in [-0.1, -0.05) is 20.8 Å². The first-order valence-corrected chi connectivity index (χ1v) is 6.22. The van der Waals surface area contributed by atoms with Gasteiger partial charge in [0.15, 0.2) is 0 Å². The summed E-state index contributed by atoms with van der Waals surface area (Å²) in [4.78, 5) is 45.7. The third-order valence-electron chi connectivity index (χ3n) is 3.90. The Balaban J connectivity index is 2.14. The summed E-state index contributed by atoms with van der Waals surface area (Å²) < 4.78 is 9.12. The number of hydrogen-bond donors (Lipinski definition) is 0. The molecule has 2 aliphatic heterocycles. The number of ether oxygens (including phenoxy) is 2. The van der Waals surface area contributed by atoms with Crippen LogP contribution in [0.3, 0.4) is 0 Å². The van der Waals surface area contributed by atoms with Crippen LogP contribution < -0.4 is 0 Å². The fourth-order valence-electron chi connectivity index (χ4n) is 3.03. The molecule has 2 heterocycles. The molecule has 6 heteroatoms. The molecular weight excluding hydrogens is 252 g/mol.